The largest absolute Gasteiger partial charge is 0.462 e. The summed E-state index contributed by atoms with van der Waals surface area (Å²) in [5.41, 5.74) is 2.57. The standard InChI is InChI=1S/C21H24N2O7/c1-4-27-21(26)16-7-13(2)23(14(16)3)10-20(25)28-11-19(24)22-9-15-5-6-17-18(8-15)30-12-29-17/h5-8H,4,9-12H2,1-3H3,(H,22,24). The van der Waals surface area contributed by atoms with Gasteiger partial charge in [-0.3, -0.25) is 9.59 Å². The Morgan fingerprint density at radius 1 is 1.10 bits per heavy atom. The Morgan fingerprint density at radius 3 is 2.63 bits per heavy atom. The van der Waals surface area contributed by atoms with Gasteiger partial charge in [-0.05, 0) is 44.5 Å². The number of esters is 2. The molecule has 9 nitrogen and oxygen atoms in total. The first-order valence-electron chi connectivity index (χ1n) is 9.53. The number of fused-ring (bicyclic) bond motifs is 1. The Labute approximate surface area is 173 Å². The van der Waals surface area contributed by atoms with Gasteiger partial charge in [0.05, 0.1) is 12.2 Å². The van der Waals surface area contributed by atoms with E-state index in [0.717, 1.165) is 11.3 Å². The molecule has 1 aromatic heterocycles. The zero-order valence-corrected chi connectivity index (χ0v) is 17.1. The van der Waals surface area contributed by atoms with Crippen LogP contribution in [-0.4, -0.2) is 42.4 Å². The smallest absolute Gasteiger partial charge is 0.339 e. The summed E-state index contributed by atoms with van der Waals surface area (Å²) in [5.74, 6) is -0.138. The first-order valence-corrected chi connectivity index (χ1v) is 9.53. The van der Waals surface area contributed by atoms with Crippen molar-refractivity contribution in [2.45, 2.75) is 33.9 Å². The summed E-state index contributed by atoms with van der Waals surface area (Å²) in [6.07, 6.45) is 0. The molecule has 1 N–H and O–H groups in total. The molecule has 0 spiro atoms. The molecule has 2 aromatic rings. The van der Waals surface area contributed by atoms with E-state index >= 15 is 0 Å². The molecule has 0 radical (unpaired) electrons. The molecule has 1 aliphatic rings. The molecule has 1 aromatic carbocycles. The van der Waals surface area contributed by atoms with E-state index in [1.807, 2.05) is 6.07 Å². The Kier molecular flexibility index (Phi) is 6.61. The molecule has 0 saturated carbocycles. The second-order valence-corrected chi connectivity index (χ2v) is 6.72. The van der Waals surface area contributed by atoms with Gasteiger partial charge in [-0.2, -0.15) is 0 Å². The minimum atomic E-state index is -0.578. The molecule has 30 heavy (non-hydrogen) atoms. The van der Waals surface area contributed by atoms with Gasteiger partial charge in [0.25, 0.3) is 5.91 Å². The van der Waals surface area contributed by atoms with Crippen LogP contribution in [0, 0.1) is 13.8 Å². The van der Waals surface area contributed by atoms with E-state index in [4.69, 9.17) is 18.9 Å². The maximum absolute atomic E-state index is 12.2. The van der Waals surface area contributed by atoms with Gasteiger partial charge in [0.15, 0.2) is 18.1 Å². The highest BCUT2D eigenvalue weighted by atomic mass is 16.7. The summed E-state index contributed by atoms with van der Waals surface area (Å²) >= 11 is 0. The fourth-order valence-electron chi connectivity index (χ4n) is 3.08. The van der Waals surface area contributed by atoms with Crippen molar-refractivity contribution < 1.29 is 33.3 Å². The van der Waals surface area contributed by atoms with Gasteiger partial charge in [0, 0.05) is 17.9 Å². The SMILES string of the molecule is CCOC(=O)c1cc(C)n(CC(=O)OCC(=O)NCc2ccc3c(c2)OCO3)c1C. The monoisotopic (exact) mass is 416 g/mol. The second-order valence-electron chi connectivity index (χ2n) is 6.72. The summed E-state index contributed by atoms with van der Waals surface area (Å²) < 4.78 is 22.3. The summed E-state index contributed by atoms with van der Waals surface area (Å²) in [4.78, 5) is 36.1. The number of nitrogens with zero attached hydrogens (tertiary/aromatic N) is 1. The van der Waals surface area contributed by atoms with E-state index in [-0.39, 0.29) is 26.5 Å². The van der Waals surface area contributed by atoms with Crippen LogP contribution in [-0.2, 0) is 32.2 Å². The van der Waals surface area contributed by atoms with Crippen LogP contribution in [0.5, 0.6) is 11.5 Å². The number of aryl methyl sites for hydroxylation is 1. The lowest BCUT2D eigenvalue weighted by Gasteiger charge is -2.10. The van der Waals surface area contributed by atoms with Crippen LogP contribution in [0.3, 0.4) is 0 Å². The Balaban J connectivity index is 1.47. The van der Waals surface area contributed by atoms with Gasteiger partial charge in [0.1, 0.15) is 6.54 Å². The van der Waals surface area contributed by atoms with Crippen LogP contribution in [0.1, 0.15) is 34.2 Å². The molecule has 0 unspecified atom stereocenters. The molecule has 0 fully saturated rings. The van der Waals surface area contributed by atoms with Crippen LogP contribution in [0.25, 0.3) is 0 Å². The summed E-state index contributed by atoms with van der Waals surface area (Å²) in [6, 6.07) is 7.04. The quantitative estimate of drug-likeness (QED) is 0.655. The number of rotatable bonds is 8. The fraction of sp³-hybridized carbons (Fsp3) is 0.381. The molecule has 2 heterocycles. The van der Waals surface area contributed by atoms with Crippen molar-refractivity contribution in [3.8, 4) is 11.5 Å². The number of carbonyl (C=O) groups excluding carboxylic acids is 3. The number of nitrogens with one attached hydrogen (secondary N) is 1. The van der Waals surface area contributed by atoms with Crippen LogP contribution < -0.4 is 14.8 Å². The molecular formula is C21H24N2O7. The lowest BCUT2D eigenvalue weighted by Crippen LogP contribution is -2.29. The highest BCUT2D eigenvalue weighted by Crippen LogP contribution is 2.32. The van der Waals surface area contributed by atoms with E-state index in [1.54, 1.807) is 43.5 Å². The molecule has 3 rings (SSSR count). The van der Waals surface area contributed by atoms with Gasteiger partial charge in [0.2, 0.25) is 6.79 Å². The van der Waals surface area contributed by atoms with Crippen LogP contribution in [0.15, 0.2) is 24.3 Å². The highest BCUT2D eigenvalue weighted by molar-refractivity contribution is 5.91. The number of hydrogen-bond donors (Lipinski definition) is 1. The Hall–Kier alpha value is -3.49. The number of benzene rings is 1. The third-order valence-electron chi connectivity index (χ3n) is 4.65. The Morgan fingerprint density at radius 2 is 1.87 bits per heavy atom. The summed E-state index contributed by atoms with van der Waals surface area (Å²) in [7, 11) is 0. The number of ether oxygens (including phenoxy) is 4. The average molecular weight is 416 g/mol. The van der Waals surface area contributed by atoms with Crippen molar-refractivity contribution in [2.75, 3.05) is 20.0 Å². The summed E-state index contributed by atoms with van der Waals surface area (Å²) in [5, 5.41) is 2.68. The third kappa shape index (κ3) is 4.91. The van der Waals surface area contributed by atoms with E-state index in [0.29, 0.717) is 22.8 Å². The van der Waals surface area contributed by atoms with E-state index in [2.05, 4.69) is 5.32 Å². The average Bonchev–Trinajstić information content (AvgIpc) is 3.30. The van der Waals surface area contributed by atoms with Crippen molar-refractivity contribution in [3.63, 3.8) is 0 Å². The topological polar surface area (TPSA) is 105 Å². The van der Waals surface area contributed by atoms with Crippen LogP contribution in [0.2, 0.25) is 0 Å². The van der Waals surface area contributed by atoms with E-state index in [9.17, 15) is 14.4 Å². The predicted molar refractivity (Wildman–Crippen MR) is 105 cm³/mol. The van der Waals surface area contributed by atoms with Gasteiger partial charge in [-0.1, -0.05) is 6.07 Å². The number of amides is 1. The van der Waals surface area contributed by atoms with Crippen molar-refractivity contribution in [1.82, 2.24) is 9.88 Å². The van der Waals surface area contributed by atoms with Crippen molar-refractivity contribution in [1.29, 1.82) is 0 Å². The lowest BCUT2D eigenvalue weighted by molar-refractivity contribution is -0.149. The van der Waals surface area contributed by atoms with Crippen molar-refractivity contribution >= 4 is 17.8 Å². The van der Waals surface area contributed by atoms with Crippen LogP contribution in [0.4, 0.5) is 0 Å². The highest BCUT2D eigenvalue weighted by Gasteiger charge is 2.19. The molecule has 0 bridgehead atoms. The summed E-state index contributed by atoms with van der Waals surface area (Å²) in [6.45, 7) is 5.46. The maximum Gasteiger partial charge on any atom is 0.339 e. The molecule has 1 aliphatic heterocycles. The van der Waals surface area contributed by atoms with Gasteiger partial charge in [-0.15, -0.1) is 0 Å². The minimum absolute atomic E-state index is 0.105. The van der Waals surface area contributed by atoms with E-state index in [1.165, 1.54) is 0 Å². The number of aromatic nitrogens is 1. The second kappa shape index (κ2) is 9.34. The van der Waals surface area contributed by atoms with Gasteiger partial charge in [-0.25, -0.2) is 4.79 Å². The molecule has 0 aliphatic carbocycles. The number of carbonyl (C=O) groups is 3. The maximum atomic E-state index is 12.2. The molecular weight excluding hydrogens is 392 g/mol. The zero-order chi connectivity index (χ0) is 21.7. The zero-order valence-electron chi connectivity index (χ0n) is 17.1. The van der Waals surface area contributed by atoms with Gasteiger partial charge < -0.3 is 28.8 Å². The van der Waals surface area contributed by atoms with E-state index < -0.39 is 24.5 Å². The third-order valence-corrected chi connectivity index (χ3v) is 4.65. The molecule has 1 amide bonds. The molecule has 0 atom stereocenters. The Bertz CT molecular complexity index is 965. The molecule has 9 heteroatoms. The van der Waals surface area contributed by atoms with Crippen molar-refractivity contribution in [3.05, 3.63) is 46.8 Å². The predicted octanol–water partition coefficient (Wildman–Crippen LogP) is 1.87. The lowest BCUT2D eigenvalue weighted by atomic mass is 10.2. The molecule has 160 valence electrons. The minimum Gasteiger partial charge on any atom is -0.462 e. The van der Waals surface area contributed by atoms with Gasteiger partial charge >= 0.3 is 11.9 Å². The normalized spacial score (nSPS) is 11.8. The fourth-order valence-corrected chi connectivity index (χ4v) is 3.08. The van der Waals surface area contributed by atoms with Crippen LogP contribution >= 0.6 is 0 Å². The number of hydrogen-bond acceptors (Lipinski definition) is 7. The first-order chi connectivity index (χ1) is 14.4. The first kappa shape index (κ1) is 21.2. The van der Waals surface area contributed by atoms with Crippen molar-refractivity contribution in [2.24, 2.45) is 0 Å². The molecule has 0 saturated heterocycles.